The Hall–Kier alpha value is -7.42. The summed E-state index contributed by atoms with van der Waals surface area (Å²) in [6.45, 7) is 0. The van der Waals surface area contributed by atoms with Gasteiger partial charge in [-0.25, -0.2) is 0 Å². The molecule has 0 N–H and O–H groups in total. The normalized spacial score (nSPS) is 11.9. The van der Waals surface area contributed by atoms with Gasteiger partial charge in [-0.15, -0.1) is 0 Å². The number of furan rings is 2. The highest BCUT2D eigenvalue weighted by molar-refractivity contribution is 6.28. The van der Waals surface area contributed by atoms with Gasteiger partial charge in [0.1, 0.15) is 22.3 Å². The summed E-state index contributed by atoms with van der Waals surface area (Å²) in [4.78, 5) is 0. The molecule has 260 valence electrons. The number of hydrogen-bond donors (Lipinski definition) is 0. The van der Waals surface area contributed by atoms with Gasteiger partial charge in [0.25, 0.3) is 0 Å². The Balaban J connectivity index is 1.19. The zero-order valence-corrected chi connectivity index (χ0v) is 30.3. The number of benzene rings is 10. The van der Waals surface area contributed by atoms with Crippen molar-refractivity contribution in [3.8, 4) is 44.5 Å². The van der Waals surface area contributed by atoms with Crippen LogP contribution >= 0.6 is 0 Å². The van der Waals surface area contributed by atoms with Gasteiger partial charge in [-0.2, -0.15) is 0 Å². The van der Waals surface area contributed by atoms with Crippen LogP contribution in [0.15, 0.2) is 203 Å². The molecule has 0 saturated carbocycles. The zero-order valence-electron chi connectivity index (χ0n) is 30.3. The molecule has 12 aromatic rings. The van der Waals surface area contributed by atoms with Crippen LogP contribution in [0.1, 0.15) is 0 Å². The van der Waals surface area contributed by atoms with Crippen LogP contribution in [0, 0.1) is 0 Å². The molecule has 0 atom stereocenters. The van der Waals surface area contributed by atoms with Crippen LogP contribution in [0.4, 0.5) is 0 Å². The molecule has 0 bridgehead atoms. The third-order valence-electron chi connectivity index (χ3n) is 11.7. The van der Waals surface area contributed by atoms with Crippen LogP contribution in [0.25, 0.3) is 121 Å². The van der Waals surface area contributed by atoms with Crippen LogP contribution in [0.5, 0.6) is 0 Å². The van der Waals surface area contributed by atoms with E-state index in [2.05, 4.69) is 182 Å². The lowest BCUT2D eigenvalue weighted by molar-refractivity contribution is 0.665. The Bertz CT molecular complexity index is 3470. The van der Waals surface area contributed by atoms with Crippen molar-refractivity contribution in [3.63, 3.8) is 0 Å². The van der Waals surface area contributed by atoms with Crippen LogP contribution in [-0.2, 0) is 0 Å². The Morgan fingerprint density at radius 1 is 0.268 bits per heavy atom. The van der Waals surface area contributed by atoms with E-state index in [4.69, 9.17) is 8.83 Å². The molecule has 2 heterocycles. The van der Waals surface area contributed by atoms with E-state index in [0.717, 1.165) is 60.6 Å². The minimum absolute atomic E-state index is 0.857. The summed E-state index contributed by atoms with van der Waals surface area (Å²) in [5.74, 6) is 0. The van der Waals surface area contributed by atoms with E-state index in [9.17, 15) is 0 Å². The van der Waals surface area contributed by atoms with Gasteiger partial charge < -0.3 is 8.83 Å². The lowest BCUT2D eigenvalue weighted by atomic mass is 9.82. The summed E-state index contributed by atoms with van der Waals surface area (Å²) in [6, 6.07) is 69.7. The minimum atomic E-state index is 0.857. The molecule has 0 amide bonds. The Labute approximate surface area is 322 Å². The Morgan fingerprint density at radius 3 is 1.48 bits per heavy atom. The fourth-order valence-corrected chi connectivity index (χ4v) is 9.23. The summed E-state index contributed by atoms with van der Waals surface area (Å²) in [5.41, 5.74) is 12.7. The number of rotatable bonds is 4. The first-order valence-corrected chi connectivity index (χ1v) is 19.2. The third-order valence-corrected chi connectivity index (χ3v) is 11.7. The van der Waals surface area contributed by atoms with E-state index >= 15 is 0 Å². The SMILES string of the molecule is c1ccc(-c2cc(-c3c4ccccc4c(-c4ccc(-c5cccc6c5oc5ccccc56)c5oc6ccccc6c45)c4ccccc34)c3ccccc3c2)cc1. The first-order valence-electron chi connectivity index (χ1n) is 19.2. The van der Waals surface area contributed by atoms with Gasteiger partial charge in [-0.1, -0.05) is 164 Å². The monoisotopic (exact) mass is 712 g/mol. The maximum atomic E-state index is 6.90. The Kier molecular flexibility index (Phi) is 6.66. The number of fused-ring (bicyclic) bond motifs is 9. The second-order valence-corrected chi connectivity index (χ2v) is 14.7. The minimum Gasteiger partial charge on any atom is -0.455 e. The molecule has 0 radical (unpaired) electrons. The average Bonchev–Trinajstić information content (AvgIpc) is 3.85. The molecule has 0 saturated heterocycles. The first-order chi connectivity index (χ1) is 27.8. The Morgan fingerprint density at radius 2 is 0.768 bits per heavy atom. The number of hydrogen-bond acceptors (Lipinski definition) is 2. The topological polar surface area (TPSA) is 26.3 Å². The summed E-state index contributed by atoms with van der Waals surface area (Å²) < 4.78 is 13.5. The first kappa shape index (κ1) is 31.0. The van der Waals surface area contributed by atoms with E-state index in [1.165, 1.54) is 60.1 Å². The molecule has 0 fully saturated rings. The van der Waals surface area contributed by atoms with Crippen molar-refractivity contribution < 1.29 is 8.83 Å². The molecule has 2 aromatic heterocycles. The van der Waals surface area contributed by atoms with Crippen molar-refractivity contribution in [1.82, 2.24) is 0 Å². The van der Waals surface area contributed by atoms with E-state index in [0.29, 0.717) is 0 Å². The molecule has 0 unspecified atom stereocenters. The van der Waals surface area contributed by atoms with Gasteiger partial charge in [-0.3, -0.25) is 0 Å². The fraction of sp³-hybridized carbons (Fsp3) is 0. The predicted octanol–water partition coefficient (Wildman–Crippen LogP) is 15.6. The maximum absolute atomic E-state index is 6.90. The van der Waals surface area contributed by atoms with Crippen LogP contribution < -0.4 is 0 Å². The smallest absolute Gasteiger partial charge is 0.144 e. The molecule has 0 aliphatic rings. The molecule has 10 aromatic carbocycles. The molecule has 2 heteroatoms. The van der Waals surface area contributed by atoms with Gasteiger partial charge in [0.15, 0.2) is 0 Å². The largest absolute Gasteiger partial charge is 0.455 e. The highest BCUT2D eigenvalue weighted by Gasteiger charge is 2.24. The molecular formula is C54H32O2. The zero-order chi connectivity index (χ0) is 36.7. The van der Waals surface area contributed by atoms with Crippen LogP contribution in [0.3, 0.4) is 0 Å². The second-order valence-electron chi connectivity index (χ2n) is 14.7. The molecule has 0 spiro atoms. The highest BCUT2D eigenvalue weighted by Crippen LogP contribution is 2.50. The van der Waals surface area contributed by atoms with E-state index in [1.54, 1.807) is 0 Å². The molecule has 0 aliphatic carbocycles. The van der Waals surface area contributed by atoms with Crippen molar-refractivity contribution in [2.24, 2.45) is 0 Å². The molecule has 56 heavy (non-hydrogen) atoms. The third kappa shape index (κ3) is 4.50. The van der Waals surface area contributed by atoms with E-state index in [1.807, 2.05) is 12.1 Å². The van der Waals surface area contributed by atoms with E-state index in [-0.39, 0.29) is 0 Å². The summed E-state index contributed by atoms with van der Waals surface area (Å²) >= 11 is 0. The summed E-state index contributed by atoms with van der Waals surface area (Å²) in [7, 11) is 0. The number of para-hydroxylation sites is 3. The van der Waals surface area contributed by atoms with Gasteiger partial charge >= 0.3 is 0 Å². The van der Waals surface area contributed by atoms with Crippen molar-refractivity contribution in [2.75, 3.05) is 0 Å². The average molecular weight is 713 g/mol. The fourth-order valence-electron chi connectivity index (χ4n) is 9.23. The second kappa shape index (κ2) is 12.0. The van der Waals surface area contributed by atoms with Crippen molar-refractivity contribution in [2.45, 2.75) is 0 Å². The van der Waals surface area contributed by atoms with Gasteiger partial charge in [-0.05, 0) is 96.0 Å². The van der Waals surface area contributed by atoms with Gasteiger partial charge in [0.2, 0.25) is 0 Å². The van der Waals surface area contributed by atoms with Crippen molar-refractivity contribution in [3.05, 3.63) is 194 Å². The molecule has 2 nitrogen and oxygen atoms in total. The van der Waals surface area contributed by atoms with Gasteiger partial charge in [0, 0.05) is 32.7 Å². The lowest BCUT2D eigenvalue weighted by Gasteiger charge is -2.20. The summed E-state index contributed by atoms with van der Waals surface area (Å²) in [6.07, 6.45) is 0. The quantitative estimate of drug-likeness (QED) is 0.170. The standard InChI is InChI=1S/C54H32O2/c1-2-15-33(16-3-1)35-31-34-17-4-5-18-36(34)47(32-35)51-40-22-8-6-20-38(40)50(39-21-7-9-23-41(39)51)46-30-29-44(54-52(46)45-24-11-13-28-49(45)56-54)43-26-14-25-42-37-19-10-12-27-48(37)55-53(42)43/h1-32H. The predicted molar refractivity (Wildman–Crippen MR) is 235 cm³/mol. The summed E-state index contributed by atoms with van der Waals surface area (Å²) in [5, 5.41) is 11.7. The molecular weight excluding hydrogens is 681 g/mol. The maximum Gasteiger partial charge on any atom is 0.144 e. The molecule has 0 aliphatic heterocycles. The van der Waals surface area contributed by atoms with Crippen LogP contribution in [-0.4, -0.2) is 0 Å². The van der Waals surface area contributed by atoms with Crippen molar-refractivity contribution in [1.29, 1.82) is 0 Å². The van der Waals surface area contributed by atoms with E-state index < -0.39 is 0 Å². The van der Waals surface area contributed by atoms with Crippen LogP contribution in [0.2, 0.25) is 0 Å². The molecule has 12 rings (SSSR count). The lowest BCUT2D eigenvalue weighted by Crippen LogP contribution is -1.93. The highest BCUT2D eigenvalue weighted by atomic mass is 16.3. The van der Waals surface area contributed by atoms with Crippen molar-refractivity contribution >= 4 is 76.2 Å². The van der Waals surface area contributed by atoms with Gasteiger partial charge in [0.05, 0.1) is 0 Å².